The van der Waals surface area contributed by atoms with Gasteiger partial charge >= 0.3 is 6.18 Å². The Hall–Kier alpha value is -2.58. The molecule has 2 aromatic rings. The van der Waals surface area contributed by atoms with Crippen LogP contribution >= 0.6 is 0 Å². The molecule has 0 amide bonds. The van der Waals surface area contributed by atoms with Gasteiger partial charge in [0, 0.05) is 39.8 Å². The van der Waals surface area contributed by atoms with Gasteiger partial charge < -0.3 is 15.4 Å². The van der Waals surface area contributed by atoms with Crippen LogP contribution in [0.5, 0.6) is 0 Å². The van der Waals surface area contributed by atoms with Crippen LogP contribution in [0, 0.1) is 0 Å². The lowest BCUT2D eigenvalue weighted by Gasteiger charge is -2.27. The van der Waals surface area contributed by atoms with Gasteiger partial charge in [-0.3, -0.25) is 9.89 Å². The Kier molecular flexibility index (Phi) is 8.31. The number of alkyl halides is 3. The summed E-state index contributed by atoms with van der Waals surface area (Å²) in [5.41, 5.74) is 2.70. The van der Waals surface area contributed by atoms with Gasteiger partial charge in [0.15, 0.2) is 5.96 Å². The van der Waals surface area contributed by atoms with Gasteiger partial charge in [-0.15, -0.1) is 0 Å². The van der Waals surface area contributed by atoms with Crippen LogP contribution in [-0.2, 0) is 30.4 Å². The summed E-state index contributed by atoms with van der Waals surface area (Å²) < 4.78 is 43.4. The van der Waals surface area contributed by atoms with Crippen molar-refractivity contribution in [2.45, 2.75) is 25.7 Å². The molecule has 0 aliphatic carbocycles. The Morgan fingerprint density at radius 1 is 1.00 bits per heavy atom. The monoisotopic (exact) mass is 434 g/mol. The lowest BCUT2D eigenvalue weighted by atomic mass is 10.1. The van der Waals surface area contributed by atoms with Crippen LogP contribution in [0.15, 0.2) is 53.5 Å². The number of nitrogens with zero attached hydrogens (tertiary/aromatic N) is 2. The fourth-order valence-electron chi connectivity index (χ4n) is 3.47. The van der Waals surface area contributed by atoms with E-state index in [1.807, 2.05) is 6.07 Å². The molecule has 0 atom stereocenters. The smallest absolute Gasteiger partial charge is 0.379 e. The molecule has 1 fully saturated rings. The zero-order valence-corrected chi connectivity index (χ0v) is 17.7. The van der Waals surface area contributed by atoms with E-state index in [1.165, 1.54) is 23.3 Å². The summed E-state index contributed by atoms with van der Waals surface area (Å²) in [6.07, 6.45) is -3.70. The molecule has 8 heteroatoms. The van der Waals surface area contributed by atoms with Crippen molar-refractivity contribution in [1.82, 2.24) is 15.5 Å². The quantitative estimate of drug-likeness (QED) is 0.518. The van der Waals surface area contributed by atoms with Gasteiger partial charge in [0.25, 0.3) is 0 Å². The number of halogens is 3. The van der Waals surface area contributed by atoms with Crippen molar-refractivity contribution in [3.8, 4) is 0 Å². The number of benzene rings is 2. The van der Waals surface area contributed by atoms with Crippen molar-refractivity contribution in [3.63, 3.8) is 0 Å². The predicted octanol–water partition coefficient (Wildman–Crippen LogP) is 3.45. The Bertz CT molecular complexity index is 847. The van der Waals surface area contributed by atoms with Crippen molar-refractivity contribution in [1.29, 1.82) is 0 Å². The third kappa shape index (κ3) is 7.25. The summed E-state index contributed by atoms with van der Waals surface area (Å²) in [7, 11) is 1.70. The molecule has 0 bridgehead atoms. The molecule has 1 aliphatic heterocycles. The highest BCUT2D eigenvalue weighted by Crippen LogP contribution is 2.29. The molecule has 0 aromatic heterocycles. The standard InChI is InChI=1S/C23H29F3N4O/c1-27-22(28-11-10-18-6-8-21(9-7-18)23(24,25)26)29-16-19-4-2-3-5-20(19)17-30-12-14-31-15-13-30/h2-9H,10-17H2,1H3,(H2,27,28,29). The van der Waals surface area contributed by atoms with Crippen molar-refractivity contribution in [3.05, 3.63) is 70.8 Å². The van der Waals surface area contributed by atoms with Crippen LogP contribution < -0.4 is 10.6 Å². The van der Waals surface area contributed by atoms with E-state index in [9.17, 15) is 13.2 Å². The van der Waals surface area contributed by atoms with E-state index >= 15 is 0 Å². The summed E-state index contributed by atoms with van der Waals surface area (Å²) in [5, 5.41) is 6.55. The highest BCUT2D eigenvalue weighted by atomic mass is 19.4. The van der Waals surface area contributed by atoms with Gasteiger partial charge in [0.05, 0.1) is 18.8 Å². The number of aliphatic imine (C=N–C) groups is 1. The number of guanidine groups is 1. The highest BCUT2D eigenvalue weighted by Gasteiger charge is 2.29. The number of nitrogens with one attached hydrogen (secondary N) is 2. The van der Waals surface area contributed by atoms with Crippen molar-refractivity contribution in [2.24, 2.45) is 4.99 Å². The number of ether oxygens (including phenoxy) is 1. The predicted molar refractivity (Wildman–Crippen MR) is 116 cm³/mol. The van der Waals surface area contributed by atoms with Crippen LogP contribution in [0.3, 0.4) is 0 Å². The van der Waals surface area contributed by atoms with Crippen molar-refractivity contribution < 1.29 is 17.9 Å². The fraction of sp³-hybridized carbons (Fsp3) is 0.435. The zero-order valence-electron chi connectivity index (χ0n) is 17.7. The summed E-state index contributed by atoms with van der Waals surface area (Å²) in [5.74, 6) is 0.660. The van der Waals surface area contributed by atoms with Crippen LogP contribution in [0.1, 0.15) is 22.3 Å². The largest absolute Gasteiger partial charge is 0.416 e. The lowest BCUT2D eigenvalue weighted by Crippen LogP contribution is -2.38. The highest BCUT2D eigenvalue weighted by molar-refractivity contribution is 5.79. The molecule has 0 unspecified atom stereocenters. The molecule has 3 rings (SSSR count). The van der Waals surface area contributed by atoms with Crippen LogP contribution in [-0.4, -0.2) is 50.8 Å². The maximum atomic E-state index is 12.7. The minimum atomic E-state index is -4.30. The molecule has 2 N–H and O–H groups in total. The zero-order chi connectivity index (χ0) is 22.1. The van der Waals surface area contributed by atoms with E-state index in [0.717, 1.165) is 50.5 Å². The molecular weight excluding hydrogens is 405 g/mol. The summed E-state index contributed by atoms with van der Waals surface area (Å²) in [6, 6.07) is 13.6. The Morgan fingerprint density at radius 2 is 1.68 bits per heavy atom. The fourth-order valence-corrected chi connectivity index (χ4v) is 3.47. The second kappa shape index (κ2) is 11.2. The van der Waals surface area contributed by atoms with Crippen LogP contribution in [0.4, 0.5) is 13.2 Å². The van der Waals surface area contributed by atoms with Crippen molar-refractivity contribution >= 4 is 5.96 Å². The van der Waals surface area contributed by atoms with E-state index in [1.54, 1.807) is 7.05 Å². The lowest BCUT2D eigenvalue weighted by molar-refractivity contribution is -0.137. The molecule has 2 aromatic carbocycles. The Balaban J connectivity index is 1.47. The van der Waals surface area contributed by atoms with Gasteiger partial charge in [0.2, 0.25) is 0 Å². The number of hydrogen-bond acceptors (Lipinski definition) is 3. The molecular formula is C23H29F3N4O. The van der Waals surface area contributed by atoms with E-state index < -0.39 is 11.7 Å². The second-order valence-corrected chi connectivity index (χ2v) is 7.45. The number of morpholine rings is 1. The van der Waals surface area contributed by atoms with E-state index in [4.69, 9.17) is 4.74 Å². The molecule has 0 saturated carbocycles. The second-order valence-electron chi connectivity index (χ2n) is 7.45. The van der Waals surface area contributed by atoms with E-state index in [0.29, 0.717) is 25.5 Å². The molecule has 5 nitrogen and oxygen atoms in total. The molecule has 1 aliphatic rings. The molecule has 0 radical (unpaired) electrons. The molecule has 0 spiro atoms. The minimum Gasteiger partial charge on any atom is -0.379 e. The summed E-state index contributed by atoms with van der Waals surface area (Å²) in [6.45, 7) is 5.53. The SMILES string of the molecule is CN=C(NCCc1ccc(C(F)(F)F)cc1)NCc1ccccc1CN1CCOCC1. The van der Waals surface area contributed by atoms with Gasteiger partial charge in [-0.05, 0) is 35.2 Å². The number of rotatable bonds is 7. The van der Waals surface area contributed by atoms with Gasteiger partial charge in [-0.2, -0.15) is 13.2 Å². The summed E-state index contributed by atoms with van der Waals surface area (Å²) >= 11 is 0. The average Bonchev–Trinajstić information content (AvgIpc) is 2.77. The number of hydrogen-bond donors (Lipinski definition) is 2. The van der Waals surface area contributed by atoms with Crippen LogP contribution in [0.25, 0.3) is 0 Å². The van der Waals surface area contributed by atoms with E-state index in [-0.39, 0.29) is 0 Å². The van der Waals surface area contributed by atoms with Gasteiger partial charge in [-0.25, -0.2) is 0 Å². The first kappa shape index (κ1) is 23.1. The first-order chi connectivity index (χ1) is 15.0. The minimum absolute atomic E-state index is 0.570. The third-order valence-corrected chi connectivity index (χ3v) is 5.27. The van der Waals surface area contributed by atoms with Crippen molar-refractivity contribution in [2.75, 3.05) is 39.9 Å². The Labute approximate surface area is 181 Å². The third-order valence-electron chi connectivity index (χ3n) is 5.27. The maximum Gasteiger partial charge on any atom is 0.416 e. The maximum absolute atomic E-state index is 12.7. The average molecular weight is 435 g/mol. The van der Waals surface area contributed by atoms with E-state index in [2.05, 4.69) is 38.7 Å². The first-order valence-corrected chi connectivity index (χ1v) is 10.4. The molecule has 1 saturated heterocycles. The van der Waals surface area contributed by atoms with Gasteiger partial charge in [0.1, 0.15) is 0 Å². The topological polar surface area (TPSA) is 48.9 Å². The molecule has 31 heavy (non-hydrogen) atoms. The Morgan fingerprint density at radius 3 is 2.32 bits per heavy atom. The molecule has 168 valence electrons. The normalized spacial score (nSPS) is 15.7. The van der Waals surface area contributed by atoms with Crippen LogP contribution in [0.2, 0.25) is 0 Å². The molecule has 1 heterocycles. The summed E-state index contributed by atoms with van der Waals surface area (Å²) in [4.78, 5) is 6.63. The first-order valence-electron chi connectivity index (χ1n) is 10.4. The van der Waals surface area contributed by atoms with Gasteiger partial charge in [-0.1, -0.05) is 36.4 Å².